The Labute approximate surface area is 178 Å². The van der Waals surface area contributed by atoms with Crippen LogP contribution < -0.4 is 5.32 Å². The van der Waals surface area contributed by atoms with Gasteiger partial charge >= 0.3 is 0 Å². The zero-order valence-corrected chi connectivity index (χ0v) is 18.2. The van der Waals surface area contributed by atoms with Crippen molar-refractivity contribution in [2.45, 2.75) is 37.5 Å². The molecule has 160 valence electrons. The van der Waals surface area contributed by atoms with E-state index in [0.717, 1.165) is 36.9 Å². The Morgan fingerprint density at radius 1 is 1.00 bits per heavy atom. The summed E-state index contributed by atoms with van der Waals surface area (Å²) in [6.07, 6.45) is 3.96. The maximum atomic E-state index is 13.1. The highest BCUT2D eigenvalue weighted by molar-refractivity contribution is 7.89. The molecule has 0 radical (unpaired) electrons. The first kappa shape index (κ1) is 21.0. The largest absolute Gasteiger partial charge is 0.325 e. The van der Waals surface area contributed by atoms with E-state index in [4.69, 9.17) is 0 Å². The SMILES string of the molecule is CCc1ccccc1NC(=O)CN1CCN(S(=O)(=O)c2ccc3c(c2)CCC3)CC1. The van der Waals surface area contributed by atoms with E-state index < -0.39 is 10.0 Å². The third-order valence-corrected chi connectivity index (χ3v) is 7.97. The number of anilines is 1. The quantitative estimate of drug-likeness (QED) is 0.770. The Balaban J connectivity index is 1.34. The normalized spacial score (nSPS) is 17.6. The molecule has 0 bridgehead atoms. The van der Waals surface area contributed by atoms with Gasteiger partial charge in [0.25, 0.3) is 0 Å². The predicted molar refractivity (Wildman–Crippen MR) is 118 cm³/mol. The van der Waals surface area contributed by atoms with Crippen molar-refractivity contribution in [3.63, 3.8) is 0 Å². The van der Waals surface area contributed by atoms with Crippen LogP contribution in [0.2, 0.25) is 0 Å². The molecule has 1 N–H and O–H groups in total. The highest BCUT2D eigenvalue weighted by Crippen LogP contribution is 2.26. The number of benzene rings is 2. The Morgan fingerprint density at radius 3 is 2.50 bits per heavy atom. The van der Waals surface area contributed by atoms with Gasteiger partial charge in [-0.15, -0.1) is 0 Å². The minimum atomic E-state index is -3.49. The van der Waals surface area contributed by atoms with E-state index in [9.17, 15) is 13.2 Å². The molecule has 0 atom stereocenters. The van der Waals surface area contributed by atoms with Crippen molar-refractivity contribution in [3.8, 4) is 0 Å². The van der Waals surface area contributed by atoms with Gasteiger partial charge < -0.3 is 5.32 Å². The number of nitrogens with zero attached hydrogens (tertiary/aromatic N) is 2. The van der Waals surface area contributed by atoms with Gasteiger partial charge in [0, 0.05) is 31.9 Å². The van der Waals surface area contributed by atoms with Crippen LogP contribution in [0.1, 0.15) is 30.0 Å². The van der Waals surface area contributed by atoms with Crippen LogP contribution in [0.3, 0.4) is 0 Å². The summed E-state index contributed by atoms with van der Waals surface area (Å²) in [7, 11) is -3.49. The van der Waals surface area contributed by atoms with Crippen molar-refractivity contribution in [1.29, 1.82) is 0 Å². The molecular formula is C23H29N3O3S. The number of nitrogens with one attached hydrogen (secondary N) is 1. The van der Waals surface area contributed by atoms with Crippen LogP contribution in [0.4, 0.5) is 5.69 Å². The third kappa shape index (κ3) is 4.43. The molecular weight excluding hydrogens is 398 g/mol. The summed E-state index contributed by atoms with van der Waals surface area (Å²) >= 11 is 0. The molecule has 0 saturated carbocycles. The second-order valence-electron chi connectivity index (χ2n) is 8.02. The second kappa shape index (κ2) is 8.88. The zero-order chi connectivity index (χ0) is 21.1. The van der Waals surface area contributed by atoms with E-state index in [-0.39, 0.29) is 12.5 Å². The first-order valence-electron chi connectivity index (χ1n) is 10.7. The Hall–Kier alpha value is -2.22. The number of sulfonamides is 1. The smallest absolute Gasteiger partial charge is 0.243 e. The molecule has 1 saturated heterocycles. The van der Waals surface area contributed by atoms with Crippen LogP contribution >= 0.6 is 0 Å². The van der Waals surface area contributed by atoms with E-state index in [0.29, 0.717) is 31.1 Å². The van der Waals surface area contributed by atoms with Crippen molar-refractivity contribution in [3.05, 3.63) is 59.2 Å². The molecule has 2 aromatic carbocycles. The lowest BCUT2D eigenvalue weighted by Gasteiger charge is -2.33. The van der Waals surface area contributed by atoms with Crippen molar-refractivity contribution in [1.82, 2.24) is 9.21 Å². The minimum absolute atomic E-state index is 0.0640. The number of aryl methyl sites for hydroxylation is 3. The molecule has 7 heteroatoms. The summed E-state index contributed by atoms with van der Waals surface area (Å²) in [6.45, 7) is 4.23. The first-order chi connectivity index (χ1) is 14.5. The van der Waals surface area contributed by atoms with E-state index in [1.807, 2.05) is 41.3 Å². The molecule has 1 amide bonds. The molecule has 1 aliphatic carbocycles. The molecule has 4 rings (SSSR count). The van der Waals surface area contributed by atoms with Crippen molar-refractivity contribution in [2.75, 3.05) is 38.0 Å². The molecule has 1 fully saturated rings. The summed E-state index contributed by atoms with van der Waals surface area (Å²) in [5.41, 5.74) is 4.40. The number of piperazine rings is 1. The minimum Gasteiger partial charge on any atom is -0.325 e. The Bertz CT molecular complexity index is 1030. The fourth-order valence-corrected chi connectivity index (χ4v) is 5.80. The molecule has 2 aliphatic rings. The van der Waals surface area contributed by atoms with Gasteiger partial charge in [-0.3, -0.25) is 9.69 Å². The van der Waals surface area contributed by atoms with Gasteiger partial charge in [0.2, 0.25) is 15.9 Å². The maximum absolute atomic E-state index is 13.1. The average molecular weight is 428 g/mol. The maximum Gasteiger partial charge on any atom is 0.243 e. The number of carbonyl (C=O) groups excluding carboxylic acids is 1. The van der Waals surface area contributed by atoms with Gasteiger partial charge in [0.05, 0.1) is 11.4 Å². The highest BCUT2D eigenvalue weighted by Gasteiger charge is 2.30. The zero-order valence-electron chi connectivity index (χ0n) is 17.4. The lowest BCUT2D eigenvalue weighted by molar-refractivity contribution is -0.117. The molecule has 30 heavy (non-hydrogen) atoms. The van der Waals surface area contributed by atoms with Crippen LogP contribution in [-0.4, -0.2) is 56.3 Å². The van der Waals surface area contributed by atoms with E-state index in [2.05, 4.69) is 12.2 Å². The number of amides is 1. The number of rotatable bonds is 6. The number of hydrogen-bond donors (Lipinski definition) is 1. The van der Waals surface area contributed by atoms with Crippen molar-refractivity contribution >= 4 is 21.6 Å². The lowest BCUT2D eigenvalue weighted by Crippen LogP contribution is -2.50. The first-order valence-corrected chi connectivity index (χ1v) is 12.1. The second-order valence-corrected chi connectivity index (χ2v) is 9.96. The monoisotopic (exact) mass is 427 g/mol. The molecule has 1 aliphatic heterocycles. The van der Waals surface area contributed by atoms with Gasteiger partial charge in [-0.05, 0) is 60.6 Å². The Morgan fingerprint density at radius 2 is 1.73 bits per heavy atom. The molecule has 6 nitrogen and oxygen atoms in total. The van der Waals surface area contributed by atoms with E-state index in [1.54, 1.807) is 10.4 Å². The summed E-state index contributed by atoms with van der Waals surface area (Å²) < 4.78 is 27.7. The molecule has 0 aromatic heterocycles. The van der Waals surface area contributed by atoms with Crippen molar-refractivity contribution < 1.29 is 13.2 Å². The summed E-state index contributed by atoms with van der Waals surface area (Å²) in [5.74, 6) is -0.0640. The molecule has 0 spiro atoms. The number of para-hydroxylation sites is 1. The van der Waals surface area contributed by atoms with E-state index in [1.165, 1.54) is 11.1 Å². The van der Waals surface area contributed by atoms with E-state index >= 15 is 0 Å². The third-order valence-electron chi connectivity index (χ3n) is 6.08. The van der Waals surface area contributed by atoms with Gasteiger partial charge in [0.1, 0.15) is 0 Å². The highest BCUT2D eigenvalue weighted by atomic mass is 32.2. The fourth-order valence-electron chi connectivity index (χ4n) is 4.33. The number of fused-ring (bicyclic) bond motifs is 1. The van der Waals surface area contributed by atoms with Crippen LogP contribution in [-0.2, 0) is 34.1 Å². The summed E-state index contributed by atoms with van der Waals surface area (Å²) in [5, 5.41) is 2.99. The van der Waals surface area contributed by atoms with Crippen LogP contribution in [0.25, 0.3) is 0 Å². The lowest BCUT2D eigenvalue weighted by atomic mass is 10.1. The number of hydrogen-bond acceptors (Lipinski definition) is 4. The molecule has 2 aromatic rings. The topological polar surface area (TPSA) is 69.7 Å². The van der Waals surface area contributed by atoms with Gasteiger partial charge in [-0.1, -0.05) is 31.2 Å². The standard InChI is InChI=1S/C23H29N3O3S/c1-2-18-6-3-4-9-22(18)24-23(27)17-25-12-14-26(15-13-25)30(28,29)21-11-10-19-7-5-8-20(19)16-21/h3-4,6,9-11,16H,2,5,7-8,12-15,17H2,1H3,(H,24,27). The van der Waals surface area contributed by atoms with Gasteiger partial charge in [0.15, 0.2) is 0 Å². The summed E-state index contributed by atoms with van der Waals surface area (Å²) in [6, 6.07) is 13.4. The van der Waals surface area contributed by atoms with Crippen LogP contribution in [0.15, 0.2) is 47.4 Å². The average Bonchev–Trinajstić information content (AvgIpc) is 3.22. The summed E-state index contributed by atoms with van der Waals surface area (Å²) in [4.78, 5) is 14.9. The van der Waals surface area contributed by atoms with Crippen LogP contribution in [0, 0.1) is 0 Å². The molecule has 0 unspecified atom stereocenters. The fraction of sp³-hybridized carbons (Fsp3) is 0.435. The van der Waals surface area contributed by atoms with Crippen molar-refractivity contribution in [2.24, 2.45) is 0 Å². The Kier molecular flexibility index (Phi) is 6.22. The van der Waals surface area contributed by atoms with Gasteiger partial charge in [-0.2, -0.15) is 4.31 Å². The predicted octanol–water partition coefficient (Wildman–Crippen LogP) is 2.68. The van der Waals surface area contributed by atoms with Crippen LogP contribution in [0.5, 0.6) is 0 Å². The number of carbonyl (C=O) groups is 1. The van der Waals surface area contributed by atoms with Gasteiger partial charge in [-0.25, -0.2) is 8.42 Å². The molecule has 1 heterocycles.